The normalized spacial score (nSPS) is 16.6. The molecule has 0 saturated heterocycles. The monoisotopic (exact) mass is 344 g/mol. The molecule has 0 spiro atoms. The highest BCUT2D eigenvalue weighted by molar-refractivity contribution is 6.09. The van der Waals surface area contributed by atoms with Crippen molar-refractivity contribution in [2.45, 2.75) is 12.5 Å². The third kappa shape index (κ3) is 4.37. The molecule has 3 rings (SSSR count). The quantitative estimate of drug-likeness (QED) is 0.799. The van der Waals surface area contributed by atoms with E-state index in [1.54, 1.807) is 0 Å². The molecule has 6 nitrogen and oxygen atoms in total. The number of nitrogens with one attached hydrogen (secondary N) is 3. The lowest BCUT2D eigenvalue weighted by molar-refractivity contribution is -0.124. The van der Waals surface area contributed by atoms with Crippen LogP contribution in [0, 0.1) is 11.6 Å². The molecular formula is C17H14F2N4O2. The number of nitrogens with zero attached hydrogens (tertiary/aromatic N) is 1. The van der Waals surface area contributed by atoms with Gasteiger partial charge in [-0.05, 0) is 42.5 Å². The van der Waals surface area contributed by atoms with Crippen LogP contribution >= 0.6 is 0 Å². The molecule has 0 aromatic heterocycles. The van der Waals surface area contributed by atoms with Crippen LogP contribution < -0.4 is 16.0 Å². The summed E-state index contributed by atoms with van der Waals surface area (Å²) < 4.78 is 26.1. The summed E-state index contributed by atoms with van der Waals surface area (Å²) in [4.78, 5) is 28.2. The Hall–Kier alpha value is -3.29. The van der Waals surface area contributed by atoms with Crippen LogP contribution in [-0.4, -0.2) is 23.8 Å². The van der Waals surface area contributed by atoms with E-state index < -0.39 is 23.6 Å². The van der Waals surface area contributed by atoms with Gasteiger partial charge in [-0.2, -0.15) is 0 Å². The van der Waals surface area contributed by atoms with Gasteiger partial charge in [0.25, 0.3) is 0 Å². The molecule has 1 aliphatic heterocycles. The Morgan fingerprint density at radius 1 is 1.08 bits per heavy atom. The fourth-order valence-corrected chi connectivity index (χ4v) is 2.27. The lowest BCUT2D eigenvalue weighted by atomic mass is 10.1. The molecule has 0 unspecified atom stereocenters. The first-order chi connectivity index (χ1) is 12.0. The Labute approximate surface area is 142 Å². The third-order valence-corrected chi connectivity index (χ3v) is 3.42. The number of amides is 2. The summed E-state index contributed by atoms with van der Waals surface area (Å²) in [5.41, 5.74) is 0.783. The second-order valence-electron chi connectivity index (χ2n) is 5.38. The molecule has 3 N–H and O–H groups in total. The van der Waals surface area contributed by atoms with Crippen molar-refractivity contribution in [3.63, 3.8) is 0 Å². The summed E-state index contributed by atoms with van der Waals surface area (Å²) in [7, 11) is 0. The molecule has 0 saturated carbocycles. The maximum absolute atomic E-state index is 13.2. The van der Waals surface area contributed by atoms with Crippen LogP contribution in [0.4, 0.5) is 20.2 Å². The summed E-state index contributed by atoms with van der Waals surface area (Å²) in [6.07, 6.45) is -0.129. The van der Waals surface area contributed by atoms with Crippen molar-refractivity contribution in [2.24, 2.45) is 4.99 Å². The molecule has 2 aromatic carbocycles. The maximum atomic E-state index is 13.2. The van der Waals surface area contributed by atoms with Gasteiger partial charge >= 0.3 is 0 Å². The fraction of sp³-hybridized carbons (Fsp3) is 0.118. The SMILES string of the molecule is O=C1C[C@@H](C(=O)Nc2cccc(F)c2)N=C(Nc2ccc(F)cc2)N1. The zero-order chi connectivity index (χ0) is 17.8. The molecule has 0 fully saturated rings. The Kier molecular flexibility index (Phi) is 4.69. The summed E-state index contributed by atoms with van der Waals surface area (Å²) in [5, 5.41) is 7.83. The van der Waals surface area contributed by atoms with Crippen molar-refractivity contribution in [3.8, 4) is 0 Å². The zero-order valence-electron chi connectivity index (χ0n) is 12.9. The first kappa shape index (κ1) is 16.6. The van der Waals surface area contributed by atoms with E-state index in [2.05, 4.69) is 20.9 Å². The van der Waals surface area contributed by atoms with Crippen LogP contribution in [0.3, 0.4) is 0 Å². The van der Waals surface area contributed by atoms with Gasteiger partial charge in [0.05, 0.1) is 6.42 Å². The number of benzene rings is 2. The van der Waals surface area contributed by atoms with E-state index in [0.29, 0.717) is 5.69 Å². The van der Waals surface area contributed by atoms with Crippen molar-refractivity contribution in [1.82, 2.24) is 5.32 Å². The predicted molar refractivity (Wildman–Crippen MR) is 89.0 cm³/mol. The maximum Gasteiger partial charge on any atom is 0.249 e. The fourth-order valence-electron chi connectivity index (χ4n) is 2.27. The van der Waals surface area contributed by atoms with Gasteiger partial charge in [0, 0.05) is 11.4 Å². The minimum Gasteiger partial charge on any atom is -0.326 e. The van der Waals surface area contributed by atoms with Crippen LogP contribution in [0.5, 0.6) is 0 Å². The highest BCUT2D eigenvalue weighted by atomic mass is 19.1. The minimum atomic E-state index is -0.958. The van der Waals surface area contributed by atoms with Crippen LogP contribution in [-0.2, 0) is 9.59 Å². The molecule has 2 aromatic rings. The van der Waals surface area contributed by atoms with Gasteiger partial charge in [-0.1, -0.05) is 6.07 Å². The van der Waals surface area contributed by atoms with Crippen LogP contribution in [0.1, 0.15) is 6.42 Å². The molecule has 2 amide bonds. The van der Waals surface area contributed by atoms with Gasteiger partial charge in [-0.3, -0.25) is 14.9 Å². The van der Waals surface area contributed by atoms with E-state index in [1.165, 1.54) is 48.5 Å². The van der Waals surface area contributed by atoms with Crippen molar-refractivity contribution in [1.29, 1.82) is 0 Å². The van der Waals surface area contributed by atoms with E-state index in [9.17, 15) is 18.4 Å². The average molecular weight is 344 g/mol. The van der Waals surface area contributed by atoms with Crippen LogP contribution in [0.25, 0.3) is 0 Å². The van der Waals surface area contributed by atoms with Gasteiger partial charge in [0.1, 0.15) is 17.7 Å². The summed E-state index contributed by atoms with van der Waals surface area (Å²) in [6.45, 7) is 0. The lowest BCUT2D eigenvalue weighted by Gasteiger charge is -2.21. The zero-order valence-corrected chi connectivity index (χ0v) is 12.9. The van der Waals surface area contributed by atoms with Gasteiger partial charge < -0.3 is 10.6 Å². The molecular weight excluding hydrogens is 330 g/mol. The summed E-state index contributed by atoms with van der Waals surface area (Å²) >= 11 is 0. The van der Waals surface area contributed by atoms with Crippen molar-refractivity contribution in [2.75, 3.05) is 10.6 Å². The first-order valence-corrected chi connectivity index (χ1v) is 7.46. The third-order valence-electron chi connectivity index (χ3n) is 3.42. The Bertz CT molecular complexity index is 837. The number of rotatable bonds is 3. The van der Waals surface area contributed by atoms with Crippen LogP contribution in [0.2, 0.25) is 0 Å². The molecule has 0 aliphatic carbocycles. The van der Waals surface area contributed by atoms with E-state index in [-0.39, 0.29) is 24.0 Å². The number of anilines is 2. The second kappa shape index (κ2) is 7.08. The van der Waals surface area contributed by atoms with Gasteiger partial charge in [-0.15, -0.1) is 0 Å². The molecule has 8 heteroatoms. The number of aliphatic imine (C=N–C) groups is 1. The molecule has 25 heavy (non-hydrogen) atoms. The van der Waals surface area contributed by atoms with Crippen molar-refractivity contribution < 1.29 is 18.4 Å². The summed E-state index contributed by atoms with van der Waals surface area (Å²) in [6, 6.07) is 9.91. The van der Waals surface area contributed by atoms with Gasteiger partial charge in [0.2, 0.25) is 17.8 Å². The molecule has 128 valence electrons. The van der Waals surface area contributed by atoms with Crippen molar-refractivity contribution >= 4 is 29.1 Å². The van der Waals surface area contributed by atoms with Gasteiger partial charge in [-0.25, -0.2) is 13.8 Å². The van der Waals surface area contributed by atoms with E-state index in [0.717, 1.165) is 0 Å². The molecule has 1 heterocycles. The number of carbonyl (C=O) groups excluding carboxylic acids is 2. The number of carbonyl (C=O) groups is 2. The molecule has 1 aliphatic rings. The predicted octanol–water partition coefficient (Wildman–Crippen LogP) is 2.26. The number of hydrogen-bond donors (Lipinski definition) is 3. The Balaban J connectivity index is 1.72. The Morgan fingerprint density at radius 2 is 1.84 bits per heavy atom. The second-order valence-corrected chi connectivity index (χ2v) is 5.38. The first-order valence-electron chi connectivity index (χ1n) is 7.46. The number of guanidine groups is 1. The Morgan fingerprint density at radius 3 is 2.56 bits per heavy atom. The standard InChI is InChI=1S/C17H14F2N4O2/c18-10-4-6-12(7-5-10)21-17-22-14(9-15(24)23-17)16(25)20-13-3-1-2-11(19)8-13/h1-8,14H,9H2,(H,20,25)(H2,21,22,23,24)/t14-/m0/s1. The van der Waals surface area contributed by atoms with E-state index >= 15 is 0 Å². The average Bonchev–Trinajstić information content (AvgIpc) is 2.56. The van der Waals surface area contributed by atoms with Crippen molar-refractivity contribution in [3.05, 3.63) is 60.2 Å². The smallest absolute Gasteiger partial charge is 0.249 e. The molecule has 0 bridgehead atoms. The summed E-state index contributed by atoms with van der Waals surface area (Å²) in [5.74, 6) is -1.71. The van der Waals surface area contributed by atoms with E-state index in [1.807, 2.05) is 0 Å². The number of halogens is 2. The molecule has 1 atom stereocenters. The minimum absolute atomic E-state index is 0.0854. The molecule has 0 radical (unpaired) electrons. The van der Waals surface area contributed by atoms with Crippen LogP contribution in [0.15, 0.2) is 53.5 Å². The highest BCUT2D eigenvalue weighted by Crippen LogP contribution is 2.14. The topological polar surface area (TPSA) is 82.6 Å². The largest absolute Gasteiger partial charge is 0.326 e. The number of hydrogen-bond acceptors (Lipinski definition) is 4. The lowest BCUT2D eigenvalue weighted by Crippen LogP contribution is -2.45. The van der Waals surface area contributed by atoms with Gasteiger partial charge in [0.15, 0.2) is 0 Å². The highest BCUT2D eigenvalue weighted by Gasteiger charge is 2.27. The van der Waals surface area contributed by atoms with E-state index in [4.69, 9.17) is 0 Å².